The maximum absolute atomic E-state index is 12.9. The Balaban J connectivity index is 2.25. The second kappa shape index (κ2) is 7.04. The van der Waals surface area contributed by atoms with E-state index in [0.29, 0.717) is 18.0 Å². The van der Waals surface area contributed by atoms with Gasteiger partial charge in [0.2, 0.25) is 5.95 Å². The molecule has 0 aliphatic rings. The fourth-order valence-corrected chi connectivity index (χ4v) is 2.11. The van der Waals surface area contributed by atoms with Gasteiger partial charge < -0.3 is 15.4 Å². The molecule has 0 saturated heterocycles. The van der Waals surface area contributed by atoms with Crippen LogP contribution in [0.25, 0.3) is 0 Å². The lowest BCUT2D eigenvalue weighted by atomic mass is 10.3. The van der Waals surface area contributed by atoms with Crippen LogP contribution in [0.3, 0.4) is 0 Å². The highest BCUT2D eigenvalue weighted by Crippen LogP contribution is 2.33. The first-order valence-electron chi connectivity index (χ1n) is 7.20. The number of nitrogens with one attached hydrogen (secondary N) is 2. The molecule has 7 nitrogen and oxygen atoms in total. The maximum atomic E-state index is 12.9. The normalized spacial score (nSPS) is 13.0. The van der Waals surface area contributed by atoms with Crippen LogP contribution in [0.15, 0.2) is 12.4 Å². The van der Waals surface area contributed by atoms with Crippen LogP contribution in [0.5, 0.6) is 0 Å². The fraction of sp³-hybridized carbons (Fsp3) is 0.500. The third-order valence-corrected chi connectivity index (χ3v) is 3.35. The molecule has 0 aliphatic carbocycles. The van der Waals surface area contributed by atoms with E-state index in [0.717, 1.165) is 6.20 Å². The van der Waals surface area contributed by atoms with Gasteiger partial charge in [0.05, 0.1) is 24.0 Å². The SMILES string of the molecule is CNc1nc(Nc2cn([C@H](C)COC)nc2C)ncc1C(F)(F)F. The molecule has 10 heteroatoms. The van der Waals surface area contributed by atoms with Crippen molar-refractivity contribution < 1.29 is 17.9 Å². The van der Waals surface area contributed by atoms with E-state index in [1.807, 2.05) is 6.92 Å². The number of alkyl halides is 3. The number of anilines is 3. The van der Waals surface area contributed by atoms with Crippen molar-refractivity contribution in [3.63, 3.8) is 0 Å². The molecule has 2 aromatic rings. The largest absolute Gasteiger partial charge is 0.421 e. The van der Waals surface area contributed by atoms with E-state index in [2.05, 4.69) is 25.7 Å². The van der Waals surface area contributed by atoms with Crippen molar-refractivity contribution >= 4 is 17.5 Å². The van der Waals surface area contributed by atoms with Crippen LogP contribution < -0.4 is 10.6 Å². The number of methoxy groups -OCH3 is 1. The molecule has 1 atom stereocenters. The Morgan fingerprint density at radius 1 is 1.38 bits per heavy atom. The first-order valence-corrected chi connectivity index (χ1v) is 7.20. The Labute approximate surface area is 137 Å². The highest BCUT2D eigenvalue weighted by molar-refractivity contribution is 5.57. The lowest BCUT2D eigenvalue weighted by Gasteiger charge is -2.12. The topological polar surface area (TPSA) is 76.9 Å². The Bertz CT molecular complexity index is 700. The van der Waals surface area contributed by atoms with Crippen molar-refractivity contribution in [2.75, 3.05) is 31.4 Å². The minimum Gasteiger partial charge on any atom is -0.382 e. The summed E-state index contributed by atoms with van der Waals surface area (Å²) in [5.41, 5.74) is 0.365. The van der Waals surface area contributed by atoms with Crippen LogP contribution in [0.2, 0.25) is 0 Å². The van der Waals surface area contributed by atoms with Crippen molar-refractivity contribution in [3.05, 3.63) is 23.7 Å². The highest BCUT2D eigenvalue weighted by Gasteiger charge is 2.35. The van der Waals surface area contributed by atoms with Crippen molar-refractivity contribution in [1.82, 2.24) is 19.7 Å². The summed E-state index contributed by atoms with van der Waals surface area (Å²) in [6.45, 7) is 4.20. The van der Waals surface area contributed by atoms with Gasteiger partial charge in [0.1, 0.15) is 11.4 Å². The maximum Gasteiger partial charge on any atom is 0.421 e. The van der Waals surface area contributed by atoms with Crippen molar-refractivity contribution in [2.24, 2.45) is 0 Å². The van der Waals surface area contributed by atoms with Gasteiger partial charge in [-0.1, -0.05) is 0 Å². The molecule has 2 rings (SSSR count). The Hall–Kier alpha value is -2.36. The number of rotatable bonds is 6. The molecule has 2 heterocycles. The number of ether oxygens (including phenoxy) is 1. The van der Waals surface area contributed by atoms with E-state index in [9.17, 15) is 13.2 Å². The summed E-state index contributed by atoms with van der Waals surface area (Å²) >= 11 is 0. The summed E-state index contributed by atoms with van der Waals surface area (Å²) in [7, 11) is 2.97. The first kappa shape index (κ1) is 18.0. The molecular weight excluding hydrogens is 325 g/mol. The van der Waals surface area contributed by atoms with Gasteiger partial charge >= 0.3 is 6.18 Å². The smallest absolute Gasteiger partial charge is 0.382 e. The second-order valence-corrected chi connectivity index (χ2v) is 5.24. The minimum atomic E-state index is -4.52. The number of aromatic nitrogens is 4. The number of nitrogens with zero attached hydrogens (tertiary/aromatic N) is 4. The summed E-state index contributed by atoms with van der Waals surface area (Å²) in [5, 5.41) is 9.67. The van der Waals surface area contributed by atoms with E-state index in [4.69, 9.17) is 4.74 Å². The Morgan fingerprint density at radius 2 is 2.08 bits per heavy atom. The summed E-state index contributed by atoms with van der Waals surface area (Å²) in [5.74, 6) is -0.243. The number of hydrogen-bond donors (Lipinski definition) is 2. The predicted octanol–water partition coefficient (Wildman–Crippen LogP) is 2.99. The highest BCUT2D eigenvalue weighted by atomic mass is 19.4. The van der Waals surface area contributed by atoms with E-state index >= 15 is 0 Å². The third-order valence-electron chi connectivity index (χ3n) is 3.35. The summed E-state index contributed by atoms with van der Waals surface area (Å²) in [4.78, 5) is 7.61. The number of halogens is 3. The van der Waals surface area contributed by atoms with E-state index in [-0.39, 0.29) is 17.8 Å². The molecule has 0 amide bonds. The van der Waals surface area contributed by atoms with Gasteiger partial charge in [-0.3, -0.25) is 4.68 Å². The molecule has 2 aromatic heterocycles. The zero-order valence-corrected chi connectivity index (χ0v) is 13.8. The molecule has 0 fully saturated rings. The van der Waals surface area contributed by atoms with Crippen LogP contribution in [-0.4, -0.2) is 40.5 Å². The lowest BCUT2D eigenvalue weighted by molar-refractivity contribution is -0.137. The molecule has 0 aliphatic heterocycles. The van der Waals surface area contributed by atoms with Gasteiger partial charge in [0.15, 0.2) is 0 Å². The summed E-state index contributed by atoms with van der Waals surface area (Å²) in [6.07, 6.45) is -2.04. The average molecular weight is 344 g/mol. The molecular formula is C14H19F3N6O. The molecule has 132 valence electrons. The minimum absolute atomic E-state index is 0.0191. The van der Waals surface area contributed by atoms with Gasteiger partial charge in [0, 0.05) is 26.6 Å². The predicted molar refractivity (Wildman–Crippen MR) is 83.4 cm³/mol. The van der Waals surface area contributed by atoms with E-state index < -0.39 is 11.7 Å². The van der Waals surface area contributed by atoms with Crippen molar-refractivity contribution in [1.29, 1.82) is 0 Å². The van der Waals surface area contributed by atoms with Crippen molar-refractivity contribution in [2.45, 2.75) is 26.1 Å². The number of aryl methyl sites for hydroxylation is 1. The summed E-state index contributed by atoms with van der Waals surface area (Å²) in [6, 6.07) is 0.0191. The molecule has 0 saturated carbocycles. The van der Waals surface area contributed by atoms with Gasteiger partial charge in [-0.2, -0.15) is 23.3 Å². The zero-order chi connectivity index (χ0) is 17.9. The van der Waals surface area contributed by atoms with E-state index in [1.54, 1.807) is 24.9 Å². The van der Waals surface area contributed by atoms with Crippen LogP contribution in [0, 0.1) is 6.92 Å². The van der Waals surface area contributed by atoms with Crippen LogP contribution in [0.1, 0.15) is 24.2 Å². The quantitative estimate of drug-likeness (QED) is 0.839. The molecule has 0 spiro atoms. The van der Waals surface area contributed by atoms with Crippen LogP contribution >= 0.6 is 0 Å². The summed E-state index contributed by atoms with van der Waals surface area (Å²) < 4.78 is 45.4. The monoisotopic (exact) mass is 344 g/mol. The van der Waals surface area contributed by atoms with Crippen molar-refractivity contribution in [3.8, 4) is 0 Å². The average Bonchev–Trinajstić information content (AvgIpc) is 2.87. The standard InChI is InChI=1S/C14H19F3N6O/c1-8(7-24-4)23-6-11(9(2)22-23)20-13-19-5-10(14(15,16)17)12(18-3)21-13/h5-6,8H,7H2,1-4H3,(H2,18,19,20,21)/t8-/m1/s1. The zero-order valence-electron chi connectivity index (χ0n) is 13.8. The third kappa shape index (κ3) is 3.94. The first-order chi connectivity index (χ1) is 11.3. The molecule has 0 bridgehead atoms. The van der Waals surface area contributed by atoms with Gasteiger partial charge in [-0.05, 0) is 13.8 Å². The molecule has 0 radical (unpaired) electrons. The molecule has 24 heavy (non-hydrogen) atoms. The molecule has 2 N–H and O–H groups in total. The van der Waals surface area contributed by atoms with Crippen LogP contribution in [0.4, 0.5) is 30.6 Å². The lowest BCUT2D eigenvalue weighted by Crippen LogP contribution is -2.12. The molecule has 0 aromatic carbocycles. The second-order valence-electron chi connectivity index (χ2n) is 5.24. The fourth-order valence-electron chi connectivity index (χ4n) is 2.11. The van der Waals surface area contributed by atoms with Crippen LogP contribution in [-0.2, 0) is 10.9 Å². The van der Waals surface area contributed by atoms with Gasteiger partial charge in [0.25, 0.3) is 0 Å². The Morgan fingerprint density at radius 3 is 2.67 bits per heavy atom. The Kier molecular flexibility index (Phi) is 5.27. The molecule has 0 unspecified atom stereocenters. The van der Waals surface area contributed by atoms with Gasteiger partial charge in [-0.15, -0.1) is 0 Å². The van der Waals surface area contributed by atoms with Gasteiger partial charge in [-0.25, -0.2) is 4.98 Å². The number of hydrogen-bond acceptors (Lipinski definition) is 6. The van der Waals surface area contributed by atoms with E-state index in [1.165, 1.54) is 7.05 Å².